The molecular formula is C14H25N5O2. The first-order chi connectivity index (χ1) is 10.1. The maximum atomic E-state index is 5.45. The van der Waals surface area contributed by atoms with Crippen LogP contribution < -0.4 is 4.90 Å². The van der Waals surface area contributed by atoms with Gasteiger partial charge in [-0.2, -0.15) is 4.98 Å². The van der Waals surface area contributed by atoms with E-state index in [1.165, 1.54) is 0 Å². The molecule has 2 aliphatic heterocycles. The minimum Gasteiger partial charge on any atom is -0.379 e. The highest BCUT2D eigenvalue weighted by Crippen LogP contribution is 2.24. The predicted octanol–water partition coefficient (Wildman–Crippen LogP) is 0.288. The third-order valence-corrected chi connectivity index (χ3v) is 4.38. The summed E-state index contributed by atoms with van der Waals surface area (Å²) in [6.07, 6.45) is 0. The summed E-state index contributed by atoms with van der Waals surface area (Å²) in [4.78, 5) is 11.2. The normalized spacial score (nSPS) is 28.1. The Hall–Kier alpha value is -1.18. The van der Waals surface area contributed by atoms with Crippen molar-refractivity contribution in [3.05, 3.63) is 5.89 Å². The van der Waals surface area contributed by atoms with E-state index < -0.39 is 0 Å². The van der Waals surface area contributed by atoms with Crippen LogP contribution in [0.5, 0.6) is 0 Å². The molecular weight excluding hydrogens is 270 g/mol. The molecule has 118 valence electrons. The molecule has 3 rings (SSSR count). The van der Waals surface area contributed by atoms with Crippen LogP contribution in [0.4, 0.5) is 5.95 Å². The van der Waals surface area contributed by atoms with Crippen LogP contribution in [0.3, 0.4) is 0 Å². The Morgan fingerprint density at radius 3 is 2.67 bits per heavy atom. The molecule has 7 nitrogen and oxygen atoms in total. The summed E-state index contributed by atoms with van der Waals surface area (Å²) in [6, 6.07) is 0.616. The van der Waals surface area contributed by atoms with Crippen molar-refractivity contribution in [2.75, 3.05) is 58.4 Å². The maximum Gasteiger partial charge on any atom is 0.265 e. The van der Waals surface area contributed by atoms with Gasteiger partial charge in [0.2, 0.25) is 5.89 Å². The van der Waals surface area contributed by atoms with Gasteiger partial charge in [0, 0.05) is 46.3 Å². The molecule has 21 heavy (non-hydrogen) atoms. The van der Waals surface area contributed by atoms with Gasteiger partial charge in [0.05, 0.1) is 19.8 Å². The second-order valence-corrected chi connectivity index (χ2v) is 6.27. The number of anilines is 1. The molecule has 2 aliphatic rings. The van der Waals surface area contributed by atoms with Crippen molar-refractivity contribution in [2.45, 2.75) is 19.5 Å². The Morgan fingerprint density at radius 2 is 2.00 bits per heavy atom. The first-order valence-corrected chi connectivity index (χ1v) is 7.67. The minimum atomic E-state index is 0.616. The van der Waals surface area contributed by atoms with E-state index in [-0.39, 0.29) is 0 Å². The Kier molecular flexibility index (Phi) is 4.42. The molecule has 0 spiro atoms. The molecule has 0 aromatic carbocycles. The zero-order chi connectivity index (χ0) is 14.8. The van der Waals surface area contributed by atoms with E-state index in [1.807, 2.05) is 19.0 Å². The fraction of sp³-hybridized carbons (Fsp3) is 0.857. The van der Waals surface area contributed by atoms with Crippen molar-refractivity contribution in [3.63, 3.8) is 0 Å². The Balaban J connectivity index is 1.57. The van der Waals surface area contributed by atoms with Gasteiger partial charge in [-0.1, -0.05) is 6.92 Å². The average Bonchev–Trinajstić information content (AvgIpc) is 3.07. The van der Waals surface area contributed by atoms with Crippen LogP contribution in [0.15, 0.2) is 4.52 Å². The lowest BCUT2D eigenvalue weighted by Gasteiger charge is -2.34. The fourth-order valence-electron chi connectivity index (χ4n) is 3.24. The third-order valence-electron chi connectivity index (χ3n) is 4.38. The number of rotatable bonds is 4. The van der Waals surface area contributed by atoms with Crippen LogP contribution in [0.2, 0.25) is 0 Å². The SMILES string of the molecule is C[C@H]1CN(Cc2nc(N(C)C)no2)C[C@@H]1N1CCOCC1. The highest BCUT2D eigenvalue weighted by atomic mass is 16.5. The van der Waals surface area contributed by atoms with Crippen molar-refractivity contribution in [1.29, 1.82) is 0 Å². The van der Waals surface area contributed by atoms with Gasteiger partial charge in [-0.3, -0.25) is 9.80 Å². The number of hydrogen-bond acceptors (Lipinski definition) is 7. The smallest absolute Gasteiger partial charge is 0.265 e. The molecule has 3 heterocycles. The van der Waals surface area contributed by atoms with Gasteiger partial charge >= 0.3 is 0 Å². The van der Waals surface area contributed by atoms with Crippen LogP contribution >= 0.6 is 0 Å². The number of nitrogens with zero attached hydrogens (tertiary/aromatic N) is 5. The van der Waals surface area contributed by atoms with E-state index >= 15 is 0 Å². The minimum absolute atomic E-state index is 0.616. The van der Waals surface area contributed by atoms with Gasteiger partial charge in [0.1, 0.15) is 0 Å². The average molecular weight is 295 g/mol. The molecule has 0 radical (unpaired) electrons. The van der Waals surface area contributed by atoms with Crippen molar-refractivity contribution >= 4 is 5.95 Å². The Bertz CT molecular complexity index is 458. The summed E-state index contributed by atoms with van der Waals surface area (Å²) >= 11 is 0. The molecule has 2 fully saturated rings. The van der Waals surface area contributed by atoms with E-state index in [1.54, 1.807) is 0 Å². The topological polar surface area (TPSA) is 57.9 Å². The molecule has 0 amide bonds. The van der Waals surface area contributed by atoms with Crippen molar-refractivity contribution < 1.29 is 9.26 Å². The lowest BCUT2D eigenvalue weighted by molar-refractivity contribution is 0.0116. The summed E-state index contributed by atoms with van der Waals surface area (Å²) in [7, 11) is 3.84. The second-order valence-electron chi connectivity index (χ2n) is 6.27. The van der Waals surface area contributed by atoms with Crippen molar-refractivity contribution in [1.82, 2.24) is 19.9 Å². The number of ether oxygens (including phenoxy) is 1. The molecule has 7 heteroatoms. The van der Waals surface area contributed by atoms with Gasteiger partial charge in [-0.05, 0) is 11.1 Å². The molecule has 2 saturated heterocycles. The number of likely N-dealkylation sites (tertiary alicyclic amines) is 1. The van der Waals surface area contributed by atoms with Crippen LogP contribution in [-0.4, -0.2) is 79.5 Å². The predicted molar refractivity (Wildman–Crippen MR) is 79.2 cm³/mol. The van der Waals surface area contributed by atoms with Gasteiger partial charge in [0.25, 0.3) is 5.95 Å². The van der Waals surface area contributed by atoms with E-state index in [2.05, 4.69) is 26.9 Å². The lowest BCUT2D eigenvalue weighted by Crippen LogP contribution is -2.46. The van der Waals surface area contributed by atoms with Crippen LogP contribution in [0, 0.1) is 5.92 Å². The van der Waals surface area contributed by atoms with Crippen LogP contribution in [0.1, 0.15) is 12.8 Å². The molecule has 0 bridgehead atoms. The molecule has 0 unspecified atom stereocenters. The Morgan fingerprint density at radius 1 is 1.24 bits per heavy atom. The van der Waals surface area contributed by atoms with Gasteiger partial charge in [-0.15, -0.1) is 0 Å². The van der Waals surface area contributed by atoms with E-state index in [0.717, 1.165) is 45.9 Å². The molecule has 0 N–H and O–H groups in total. The van der Waals surface area contributed by atoms with Crippen molar-refractivity contribution in [3.8, 4) is 0 Å². The zero-order valence-corrected chi connectivity index (χ0v) is 13.2. The summed E-state index contributed by atoms with van der Waals surface area (Å²) in [5.41, 5.74) is 0. The molecule has 1 aromatic heterocycles. The lowest BCUT2D eigenvalue weighted by atomic mass is 10.0. The number of morpholine rings is 1. The maximum absolute atomic E-state index is 5.45. The summed E-state index contributed by atoms with van der Waals surface area (Å²) in [5.74, 6) is 2.01. The van der Waals surface area contributed by atoms with E-state index in [0.29, 0.717) is 23.8 Å². The zero-order valence-electron chi connectivity index (χ0n) is 13.2. The molecule has 2 atom stereocenters. The highest BCUT2D eigenvalue weighted by Gasteiger charge is 2.35. The number of hydrogen-bond donors (Lipinski definition) is 0. The summed E-state index contributed by atoms with van der Waals surface area (Å²) in [5, 5.41) is 3.97. The molecule has 0 aliphatic carbocycles. The third kappa shape index (κ3) is 3.36. The van der Waals surface area contributed by atoms with E-state index in [4.69, 9.17) is 9.26 Å². The largest absolute Gasteiger partial charge is 0.379 e. The van der Waals surface area contributed by atoms with Gasteiger partial charge in [-0.25, -0.2) is 0 Å². The first-order valence-electron chi connectivity index (χ1n) is 7.67. The second kappa shape index (κ2) is 6.29. The highest BCUT2D eigenvalue weighted by molar-refractivity contribution is 5.23. The van der Waals surface area contributed by atoms with Crippen LogP contribution in [-0.2, 0) is 11.3 Å². The van der Waals surface area contributed by atoms with Gasteiger partial charge < -0.3 is 14.2 Å². The standard InChI is InChI=1S/C14H25N5O2/c1-11-8-18(9-12(11)19-4-6-20-7-5-19)10-13-15-14(16-21-13)17(2)3/h11-12H,4-10H2,1-3H3/t11-,12-/m0/s1. The first kappa shape index (κ1) is 14.7. The summed E-state index contributed by atoms with van der Waals surface area (Å²) < 4.78 is 10.8. The molecule has 0 saturated carbocycles. The summed E-state index contributed by atoms with van der Waals surface area (Å²) in [6.45, 7) is 9.05. The van der Waals surface area contributed by atoms with Gasteiger partial charge in [0.15, 0.2) is 0 Å². The quantitative estimate of drug-likeness (QED) is 0.791. The van der Waals surface area contributed by atoms with Crippen molar-refractivity contribution in [2.24, 2.45) is 5.92 Å². The molecule has 1 aromatic rings. The number of aromatic nitrogens is 2. The van der Waals surface area contributed by atoms with E-state index in [9.17, 15) is 0 Å². The fourth-order valence-corrected chi connectivity index (χ4v) is 3.24. The monoisotopic (exact) mass is 295 g/mol. The Labute approximate surface area is 125 Å². The van der Waals surface area contributed by atoms with Crippen LogP contribution in [0.25, 0.3) is 0 Å².